The summed E-state index contributed by atoms with van der Waals surface area (Å²) >= 11 is 3.52. The molecular weight excluding hydrogens is 448 g/mol. The lowest BCUT2D eigenvalue weighted by Crippen LogP contribution is -2.48. The van der Waals surface area contributed by atoms with Gasteiger partial charge in [0.1, 0.15) is 5.75 Å². The van der Waals surface area contributed by atoms with E-state index in [0.29, 0.717) is 24.6 Å². The van der Waals surface area contributed by atoms with E-state index in [1.807, 2.05) is 30.0 Å². The van der Waals surface area contributed by atoms with Crippen LogP contribution in [0.2, 0.25) is 0 Å². The van der Waals surface area contributed by atoms with E-state index in [9.17, 15) is 9.59 Å². The molecule has 0 saturated heterocycles. The Labute approximate surface area is 185 Å². The van der Waals surface area contributed by atoms with Crippen molar-refractivity contribution in [3.63, 3.8) is 0 Å². The van der Waals surface area contributed by atoms with Gasteiger partial charge in [-0.15, -0.1) is 0 Å². The second-order valence-electron chi connectivity index (χ2n) is 7.68. The van der Waals surface area contributed by atoms with E-state index in [1.165, 1.54) is 5.56 Å². The van der Waals surface area contributed by atoms with E-state index >= 15 is 0 Å². The third-order valence-electron chi connectivity index (χ3n) is 5.21. The molecule has 0 saturated carbocycles. The van der Waals surface area contributed by atoms with Gasteiger partial charge in [0, 0.05) is 16.7 Å². The van der Waals surface area contributed by atoms with Gasteiger partial charge in [0.15, 0.2) is 0 Å². The third-order valence-corrected chi connectivity index (χ3v) is 5.92. The molecule has 1 aliphatic rings. The smallest absolute Gasteiger partial charge is 0.434 e. The van der Waals surface area contributed by atoms with Gasteiger partial charge < -0.3 is 20.1 Å². The lowest BCUT2D eigenvalue weighted by atomic mass is 9.92. The Morgan fingerprint density at radius 2 is 2.03 bits per heavy atom. The third kappa shape index (κ3) is 5.02. The molecule has 0 aromatic heterocycles. The fourth-order valence-electron chi connectivity index (χ4n) is 3.82. The van der Waals surface area contributed by atoms with Gasteiger partial charge in [0.05, 0.1) is 12.6 Å². The minimum Gasteiger partial charge on any atom is -0.434 e. The molecule has 0 bridgehead atoms. The number of anilines is 1. The standard InChI is InChI=1S/C23H27BrN2O4/c1-4-29-23(28)30-17-10-15(3)18(19(24)11-17)12-20(25)22(27)26-13-14(2)9-16-7-5-6-8-21(16)26/h5-8,10-11,14,20H,4,9,12-13,25H2,1-3H3/t14?,20-/m0/s1. The summed E-state index contributed by atoms with van der Waals surface area (Å²) in [4.78, 5) is 26.6. The van der Waals surface area contributed by atoms with Gasteiger partial charge in [0.2, 0.25) is 5.91 Å². The molecule has 30 heavy (non-hydrogen) atoms. The second kappa shape index (κ2) is 9.62. The number of nitrogens with zero attached hydrogens (tertiary/aromatic N) is 1. The molecule has 2 aromatic rings. The van der Waals surface area contributed by atoms with Crippen molar-refractivity contribution >= 4 is 33.7 Å². The van der Waals surface area contributed by atoms with Gasteiger partial charge in [-0.05, 0) is 67.5 Å². The Morgan fingerprint density at radius 1 is 1.30 bits per heavy atom. The summed E-state index contributed by atoms with van der Waals surface area (Å²) in [5.41, 5.74) is 10.3. The van der Waals surface area contributed by atoms with Crippen molar-refractivity contribution in [2.45, 2.75) is 39.7 Å². The van der Waals surface area contributed by atoms with Crippen LogP contribution in [0.3, 0.4) is 0 Å². The van der Waals surface area contributed by atoms with Crippen LogP contribution in [-0.2, 0) is 22.4 Å². The molecule has 0 aliphatic carbocycles. The Balaban J connectivity index is 1.77. The van der Waals surface area contributed by atoms with E-state index in [2.05, 4.69) is 28.9 Å². The Hall–Kier alpha value is -2.38. The highest BCUT2D eigenvalue weighted by molar-refractivity contribution is 9.10. The van der Waals surface area contributed by atoms with E-state index in [0.717, 1.165) is 27.7 Å². The predicted octanol–water partition coefficient (Wildman–Crippen LogP) is 4.39. The van der Waals surface area contributed by atoms with Crippen LogP contribution in [0.4, 0.5) is 10.5 Å². The summed E-state index contributed by atoms with van der Waals surface area (Å²) < 4.78 is 10.7. The SMILES string of the molecule is CCOC(=O)Oc1cc(C)c(C[C@H](N)C(=O)N2CC(C)Cc3ccccc32)c(Br)c1. The first-order valence-electron chi connectivity index (χ1n) is 10.1. The molecule has 1 aliphatic heterocycles. The Bertz CT molecular complexity index is 924. The van der Waals surface area contributed by atoms with Gasteiger partial charge in [0.25, 0.3) is 0 Å². The number of carbonyl (C=O) groups excluding carboxylic acids is 2. The van der Waals surface area contributed by atoms with Crippen LogP contribution in [0.5, 0.6) is 5.75 Å². The molecule has 2 atom stereocenters. The number of hydrogen-bond donors (Lipinski definition) is 1. The molecule has 0 fully saturated rings. The number of carbonyl (C=O) groups is 2. The molecule has 1 heterocycles. The van der Waals surface area contributed by atoms with Crippen LogP contribution in [0, 0.1) is 12.8 Å². The zero-order valence-corrected chi connectivity index (χ0v) is 19.1. The maximum absolute atomic E-state index is 13.2. The number of ether oxygens (including phenoxy) is 2. The monoisotopic (exact) mass is 474 g/mol. The van der Waals surface area contributed by atoms with Crippen LogP contribution < -0.4 is 15.4 Å². The minimum atomic E-state index is -0.749. The normalized spacial score (nSPS) is 16.6. The molecular formula is C23H27BrN2O4. The van der Waals surface area contributed by atoms with Gasteiger partial charge in [-0.2, -0.15) is 0 Å². The summed E-state index contributed by atoms with van der Waals surface area (Å²) in [5, 5.41) is 0. The highest BCUT2D eigenvalue weighted by Crippen LogP contribution is 2.31. The van der Waals surface area contributed by atoms with Crippen molar-refractivity contribution in [2.24, 2.45) is 11.7 Å². The Kier molecular flexibility index (Phi) is 7.15. The lowest BCUT2D eigenvalue weighted by molar-refractivity contribution is -0.120. The summed E-state index contributed by atoms with van der Waals surface area (Å²) in [6.45, 7) is 6.66. The first-order valence-corrected chi connectivity index (χ1v) is 10.9. The highest BCUT2D eigenvalue weighted by Gasteiger charge is 2.30. The maximum Gasteiger partial charge on any atom is 0.513 e. The lowest BCUT2D eigenvalue weighted by Gasteiger charge is -2.34. The van der Waals surface area contributed by atoms with Crippen LogP contribution in [-0.4, -0.2) is 31.3 Å². The van der Waals surface area contributed by atoms with Gasteiger partial charge in [-0.3, -0.25) is 4.79 Å². The number of para-hydroxylation sites is 1. The first-order chi connectivity index (χ1) is 14.3. The molecule has 0 spiro atoms. The van der Waals surface area contributed by atoms with E-state index in [1.54, 1.807) is 19.1 Å². The number of benzene rings is 2. The molecule has 3 rings (SSSR count). The van der Waals surface area contributed by atoms with Crippen molar-refractivity contribution < 1.29 is 19.1 Å². The zero-order chi connectivity index (χ0) is 21.8. The van der Waals surface area contributed by atoms with Gasteiger partial charge in [-0.1, -0.05) is 41.1 Å². The molecule has 2 N–H and O–H groups in total. The molecule has 6 nitrogen and oxygen atoms in total. The van der Waals surface area contributed by atoms with E-state index < -0.39 is 12.2 Å². The van der Waals surface area contributed by atoms with E-state index in [-0.39, 0.29) is 12.5 Å². The quantitative estimate of drug-likeness (QED) is 0.513. The van der Waals surface area contributed by atoms with Crippen molar-refractivity contribution in [1.82, 2.24) is 0 Å². The number of hydrogen-bond acceptors (Lipinski definition) is 5. The maximum atomic E-state index is 13.2. The molecule has 2 aromatic carbocycles. The van der Waals surface area contributed by atoms with Crippen molar-refractivity contribution in [2.75, 3.05) is 18.1 Å². The van der Waals surface area contributed by atoms with E-state index in [4.69, 9.17) is 15.2 Å². The van der Waals surface area contributed by atoms with Crippen molar-refractivity contribution in [3.8, 4) is 5.75 Å². The average Bonchev–Trinajstić information content (AvgIpc) is 2.69. The number of nitrogens with two attached hydrogens (primary N) is 1. The molecule has 7 heteroatoms. The highest BCUT2D eigenvalue weighted by atomic mass is 79.9. The van der Waals surface area contributed by atoms with Crippen LogP contribution in [0.1, 0.15) is 30.5 Å². The second-order valence-corrected chi connectivity index (χ2v) is 8.54. The summed E-state index contributed by atoms with van der Waals surface area (Å²) in [6, 6.07) is 10.7. The zero-order valence-electron chi connectivity index (χ0n) is 17.5. The van der Waals surface area contributed by atoms with Crippen LogP contribution >= 0.6 is 15.9 Å². The first kappa shape index (κ1) is 22.3. The van der Waals surface area contributed by atoms with Crippen LogP contribution in [0.15, 0.2) is 40.9 Å². The summed E-state index contributed by atoms with van der Waals surface area (Å²) in [6.07, 6.45) is 0.584. The van der Waals surface area contributed by atoms with Crippen molar-refractivity contribution in [3.05, 3.63) is 57.6 Å². The molecule has 0 radical (unpaired) electrons. The van der Waals surface area contributed by atoms with Gasteiger partial charge >= 0.3 is 6.16 Å². The average molecular weight is 475 g/mol. The topological polar surface area (TPSA) is 81.9 Å². The molecule has 1 unspecified atom stereocenters. The largest absolute Gasteiger partial charge is 0.513 e. The molecule has 1 amide bonds. The predicted molar refractivity (Wildman–Crippen MR) is 120 cm³/mol. The fraction of sp³-hybridized carbons (Fsp3) is 0.391. The number of amides is 1. The van der Waals surface area contributed by atoms with Crippen LogP contribution in [0.25, 0.3) is 0 Å². The summed E-state index contributed by atoms with van der Waals surface area (Å²) in [5.74, 6) is 0.663. The number of fused-ring (bicyclic) bond motifs is 1. The number of aryl methyl sites for hydroxylation is 1. The summed E-state index contributed by atoms with van der Waals surface area (Å²) in [7, 11) is 0. The fourth-order valence-corrected chi connectivity index (χ4v) is 4.52. The molecule has 160 valence electrons. The number of rotatable bonds is 5. The van der Waals surface area contributed by atoms with Gasteiger partial charge in [-0.25, -0.2) is 4.79 Å². The minimum absolute atomic E-state index is 0.0906. The Morgan fingerprint density at radius 3 is 2.73 bits per heavy atom. The number of halogens is 1. The van der Waals surface area contributed by atoms with Crippen molar-refractivity contribution in [1.29, 1.82) is 0 Å².